The van der Waals surface area contributed by atoms with Crippen LogP contribution in [-0.2, 0) is 14.2 Å². The van der Waals surface area contributed by atoms with Crippen molar-refractivity contribution < 1.29 is 54.8 Å². The van der Waals surface area contributed by atoms with E-state index in [9.17, 15) is 26.3 Å². The highest BCUT2D eigenvalue weighted by Crippen LogP contribution is 2.67. The number of hydrogen-bond acceptors (Lipinski definition) is 19. The fourth-order valence-corrected chi connectivity index (χ4v) is 19.7. The summed E-state index contributed by atoms with van der Waals surface area (Å²) in [6.45, 7) is 15.1. The molecule has 6 aliphatic carbocycles. The molecule has 12 aliphatic rings. The van der Waals surface area contributed by atoms with Gasteiger partial charge in [0.25, 0.3) is 0 Å². The molecule has 12 heterocycles. The smallest absolute Gasteiger partial charge is 0.387 e. The standard InChI is InChI=1S/C25H34F2N6O2.2C24H31F2N5O2/c1-14(2)33-20(9-19(30-33)15-6-21(35-24(26)27)23(28)29-10-15)22-17-7-16(8-18(17)22)32-12-25(13-32)11-31(3)4-5-34-25;2*1-13(2)31-19(9-18(29-31)14-6-20(33-23(25)26)22(27)28-10-14)21-16-7-15(8-17(16)21)30-11-24(12-30)4-3-5-32-24/h6,9-10,14,16-18,22,24H,4-5,7-8,11-13H2,1-3H3,(H2,28,29);2*6,9-10,13,15-17,21,23H,3-5,7-8,11-12H2,1-2H3,(H2,27,28)/t16?,17-,18+,22?;2*15?,16-,17+,21?. The van der Waals surface area contributed by atoms with Crippen molar-refractivity contribution in [3.8, 4) is 51.0 Å². The highest BCUT2D eigenvalue weighted by atomic mass is 19.3. The second kappa shape index (κ2) is 26.4. The van der Waals surface area contributed by atoms with Crippen molar-refractivity contribution in [1.29, 1.82) is 0 Å². The number of fused-ring (bicyclic) bond motifs is 3. The second-order valence-corrected chi connectivity index (χ2v) is 32.1. The van der Waals surface area contributed by atoms with Gasteiger partial charge in [-0.15, -0.1) is 0 Å². The van der Waals surface area contributed by atoms with Crippen molar-refractivity contribution >= 4 is 17.5 Å². The monoisotopic (exact) mass is 1410 g/mol. The second-order valence-electron chi connectivity index (χ2n) is 32.1. The third kappa shape index (κ3) is 13.2. The molecule has 3 spiro atoms. The molecule has 0 amide bonds. The highest BCUT2D eigenvalue weighted by Gasteiger charge is 2.64. The SMILES string of the molecule is CC(C)n1nc(-c2cnc(N)c(OC(F)F)c2)cc1C1[C@H]2CC(N3CC4(CCCO4)C3)C[C@@H]12.CC(C)n1nc(-c2cnc(N)c(OC(F)F)c2)cc1C1[C@H]2CC(N3CC4(CCCO4)C3)C[C@@H]12.CC(C)n1nc(-c2cnc(N)c(OC(F)F)c2)cc1C1[C@H]2CC(N3CC4(CN(C)CCO4)C3)C[C@@H]12. The van der Waals surface area contributed by atoms with Crippen molar-refractivity contribution in [2.75, 3.05) is 96.4 Å². The van der Waals surface area contributed by atoms with Gasteiger partial charge in [-0.3, -0.25) is 28.7 Å². The number of aromatic nitrogens is 9. The van der Waals surface area contributed by atoms with Gasteiger partial charge in [0, 0.05) is 172 Å². The van der Waals surface area contributed by atoms with Gasteiger partial charge < -0.3 is 50.5 Å². The van der Waals surface area contributed by atoms with Gasteiger partial charge in [0.15, 0.2) is 34.7 Å². The predicted molar refractivity (Wildman–Crippen MR) is 366 cm³/mol. The maximum absolute atomic E-state index is 12.8. The Bertz CT molecular complexity index is 3780. The lowest BCUT2D eigenvalue weighted by atomic mass is 9.88. The quantitative estimate of drug-likeness (QED) is 0.0678. The minimum absolute atomic E-state index is 0.0460. The number of nitrogen functional groups attached to an aromatic ring is 3. The third-order valence-electron chi connectivity index (χ3n) is 24.5. The number of nitrogens with zero attached hydrogens (tertiary/aromatic N) is 13. The van der Waals surface area contributed by atoms with Crippen LogP contribution in [0.3, 0.4) is 0 Å². The third-order valence-corrected chi connectivity index (χ3v) is 24.5. The van der Waals surface area contributed by atoms with Crippen LogP contribution in [0.5, 0.6) is 17.2 Å². The number of pyridine rings is 3. The fourth-order valence-electron chi connectivity index (χ4n) is 19.7. The first-order valence-electron chi connectivity index (χ1n) is 36.6. The molecule has 6 aromatic rings. The molecule has 22 nitrogen and oxygen atoms in total. The Morgan fingerprint density at radius 1 is 0.426 bits per heavy atom. The number of alkyl halides is 6. The first-order valence-corrected chi connectivity index (χ1v) is 36.6. The van der Waals surface area contributed by atoms with E-state index in [1.165, 1.54) is 99.5 Å². The van der Waals surface area contributed by atoms with E-state index >= 15 is 0 Å². The molecule has 28 heteroatoms. The van der Waals surface area contributed by atoms with Gasteiger partial charge in [-0.1, -0.05) is 0 Å². The van der Waals surface area contributed by atoms with Gasteiger partial charge in [0.1, 0.15) is 5.60 Å². The molecule has 18 rings (SSSR count). The average molecular weight is 1410 g/mol. The summed E-state index contributed by atoms with van der Waals surface area (Å²) in [4.78, 5) is 22.4. The van der Waals surface area contributed by atoms with Gasteiger partial charge in [-0.05, 0) is 185 Å². The highest BCUT2D eigenvalue weighted by molar-refractivity contribution is 5.67. The maximum Gasteiger partial charge on any atom is 0.387 e. The van der Waals surface area contributed by atoms with Crippen LogP contribution in [0.4, 0.5) is 43.8 Å². The Balaban J connectivity index is 0.000000118. The summed E-state index contributed by atoms with van der Waals surface area (Å²) in [7, 11) is 2.18. The van der Waals surface area contributed by atoms with Crippen LogP contribution in [0.1, 0.15) is 159 Å². The molecule has 6 saturated heterocycles. The molecular weight excluding hydrogens is 1310 g/mol. The zero-order chi connectivity index (χ0) is 70.3. The van der Waals surface area contributed by atoms with Crippen LogP contribution in [0.25, 0.3) is 33.8 Å². The molecule has 12 atom stereocenters. The van der Waals surface area contributed by atoms with Crippen molar-refractivity contribution in [2.45, 2.75) is 196 Å². The number of hydrogen-bond donors (Lipinski definition) is 3. The minimum Gasteiger partial charge on any atom is -0.431 e. The molecule has 0 radical (unpaired) electrons. The molecule has 6 aromatic heterocycles. The lowest BCUT2D eigenvalue weighted by molar-refractivity contribution is -0.190. The van der Waals surface area contributed by atoms with Crippen LogP contribution in [0.2, 0.25) is 0 Å². The number of likely N-dealkylation sites (N-methyl/N-ethyl adjacent to an activating group) is 1. The number of likely N-dealkylation sites (tertiary alicyclic amines) is 3. The van der Waals surface area contributed by atoms with Gasteiger partial charge >= 0.3 is 19.8 Å². The van der Waals surface area contributed by atoms with E-state index in [4.69, 9.17) is 46.7 Å². The van der Waals surface area contributed by atoms with E-state index in [2.05, 4.69) is 130 Å². The van der Waals surface area contributed by atoms with E-state index in [0.717, 1.165) is 83.6 Å². The summed E-state index contributed by atoms with van der Waals surface area (Å²) in [6.07, 6.45) is 16.9. The molecule has 6 saturated carbocycles. The van der Waals surface area contributed by atoms with Crippen molar-refractivity contribution in [3.63, 3.8) is 0 Å². The number of nitrogens with two attached hydrogens (primary N) is 3. The van der Waals surface area contributed by atoms with Crippen molar-refractivity contribution in [1.82, 2.24) is 63.9 Å². The molecule has 6 aliphatic heterocycles. The Morgan fingerprint density at radius 3 is 0.990 bits per heavy atom. The van der Waals surface area contributed by atoms with Crippen LogP contribution in [-0.4, -0.2) is 198 Å². The summed E-state index contributed by atoms with van der Waals surface area (Å²) in [5.41, 5.74) is 25.2. The van der Waals surface area contributed by atoms with Gasteiger partial charge in [0.05, 0.1) is 34.9 Å². The number of rotatable bonds is 18. The molecular formula is C73H96F6N16O6. The van der Waals surface area contributed by atoms with Gasteiger partial charge in [0.2, 0.25) is 0 Å². The molecule has 0 aromatic carbocycles. The van der Waals surface area contributed by atoms with Crippen molar-refractivity contribution in [3.05, 3.63) is 72.1 Å². The molecule has 546 valence electrons. The van der Waals surface area contributed by atoms with Crippen LogP contribution < -0.4 is 31.4 Å². The van der Waals surface area contributed by atoms with Crippen LogP contribution >= 0.6 is 0 Å². The molecule has 0 bridgehead atoms. The minimum atomic E-state index is -2.95. The average Bonchev–Trinajstić information content (AvgIpc) is 1.56. The summed E-state index contributed by atoms with van der Waals surface area (Å²) in [6, 6.07) is 13.4. The number of halogens is 6. The van der Waals surface area contributed by atoms with E-state index in [-0.39, 0.29) is 69.6 Å². The summed E-state index contributed by atoms with van der Waals surface area (Å²) < 4.78 is 114. The van der Waals surface area contributed by atoms with Crippen molar-refractivity contribution in [2.24, 2.45) is 35.5 Å². The zero-order valence-corrected chi connectivity index (χ0v) is 58.7. The number of morpholine rings is 1. The summed E-state index contributed by atoms with van der Waals surface area (Å²) in [5, 5.41) is 14.5. The fraction of sp³-hybridized carbons (Fsp3) is 0.671. The Labute approximate surface area is 585 Å². The van der Waals surface area contributed by atoms with Gasteiger partial charge in [-0.2, -0.15) is 41.6 Å². The van der Waals surface area contributed by atoms with E-state index in [0.29, 0.717) is 93.8 Å². The van der Waals surface area contributed by atoms with E-state index in [1.54, 1.807) is 18.6 Å². The molecule has 6 N–H and O–H groups in total. The molecule has 12 fully saturated rings. The van der Waals surface area contributed by atoms with Gasteiger partial charge in [-0.25, -0.2) is 15.0 Å². The summed E-state index contributed by atoms with van der Waals surface area (Å²) >= 11 is 0. The molecule has 6 unspecified atom stereocenters. The zero-order valence-electron chi connectivity index (χ0n) is 58.7. The first-order chi connectivity index (χ1) is 48.4. The Kier molecular flexibility index (Phi) is 17.9. The topological polar surface area (TPSA) is 239 Å². The lowest BCUT2D eigenvalue weighted by Gasteiger charge is -2.55. The Morgan fingerprint density at radius 2 is 0.723 bits per heavy atom. The van der Waals surface area contributed by atoms with Crippen LogP contribution in [0.15, 0.2) is 55.0 Å². The Hall–Kier alpha value is -6.82. The number of anilines is 3. The maximum atomic E-state index is 12.8. The predicted octanol–water partition coefficient (Wildman–Crippen LogP) is 11.4. The number of ether oxygens (including phenoxy) is 6. The van der Waals surface area contributed by atoms with E-state index < -0.39 is 19.8 Å². The lowest BCUT2D eigenvalue weighted by Crippen LogP contribution is -2.71. The van der Waals surface area contributed by atoms with Crippen LogP contribution in [0, 0.1) is 35.5 Å². The normalized spacial score (nSPS) is 30.2. The van der Waals surface area contributed by atoms with E-state index in [1.807, 2.05) is 0 Å². The molecule has 101 heavy (non-hydrogen) atoms. The largest absolute Gasteiger partial charge is 0.431 e. The first kappa shape index (κ1) is 68.6. The summed E-state index contributed by atoms with van der Waals surface area (Å²) in [5.74, 6) is 5.14.